The lowest BCUT2D eigenvalue weighted by Crippen LogP contribution is -2.25. The van der Waals surface area contributed by atoms with Gasteiger partial charge in [0.2, 0.25) is 0 Å². The predicted octanol–water partition coefficient (Wildman–Crippen LogP) is 2.82. The Balaban J connectivity index is 1.77. The number of amides is 1. The Hall–Kier alpha value is -3.02. The van der Waals surface area contributed by atoms with Gasteiger partial charge >= 0.3 is 0 Å². The lowest BCUT2D eigenvalue weighted by atomic mass is 10.1. The first kappa shape index (κ1) is 18.3. The van der Waals surface area contributed by atoms with Crippen LogP contribution in [0.4, 0.5) is 0 Å². The molecule has 0 aromatic heterocycles. The van der Waals surface area contributed by atoms with Gasteiger partial charge in [-0.15, -0.1) is 0 Å². The van der Waals surface area contributed by atoms with Crippen LogP contribution in [0.2, 0.25) is 0 Å². The van der Waals surface area contributed by atoms with E-state index in [1.165, 1.54) is 0 Å². The van der Waals surface area contributed by atoms with Gasteiger partial charge in [0.05, 0.1) is 14.2 Å². The average molecular weight is 342 g/mol. The molecule has 0 heterocycles. The maximum Gasteiger partial charge on any atom is 0.277 e. The summed E-state index contributed by atoms with van der Waals surface area (Å²) in [5.74, 6) is 1.82. The number of hydrazone groups is 1. The zero-order chi connectivity index (χ0) is 18.1. The third kappa shape index (κ3) is 6.18. The minimum atomic E-state index is -0.315. The molecule has 2 aromatic carbocycles. The molecule has 2 aromatic rings. The number of methoxy groups -OCH3 is 2. The van der Waals surface area contributed by atoms with E-state index >= 15 is 0 Å². The fourth-order valence-electron chi connectivity index (χ4n) is 2.09. The maximum absolute atomic E-state index is 11.8. The molecule has 6 nitrogen and oxygen atoms in total. The van der Waals surface area contributed by atoms with Crippen LogP contribution in [0.5, 0.6) is 17.2 Å². The van der Waals surface area contributed by atoms with E-state index in [2.05, 4.69) is 10.5 Å². The van der Waals surface area contributed by atoms with Crippen LogP contribution in [0, 0.1) is 0 Å². The van der Waals surface area contributed by atoms with E-state index in [0.29, 0.717) is 12.2 Å². The number of ether oxygens (including phenoxy) is 3. The smallest absolute Gasteiger partial charge is 0.277 e. The maximum atomic E-state index is 11.8. The first-order valence-electron chi connectivity index (χ1n) is 7.82. The van der Waals surface area contributed by atoms with Crippen molar-refractivity contribution in [1.82, 2.24) is 5.43 Å². The standard InChI is InChI=1S/C19H22N2O4/c1-14(12-15-4-6-16(23-2)7-5-15)20-21-19(22)13-25-18-10-8-17(24-3)9-11-18/h4-11H,12-13H2,1-3H3,(H,21,22)/b20-14-. The molecule has 132 valence electrons. The van der Waals surface area contributed by atoms with E-state index in [-0.39, 0.29) is 12.5 Å². The zero-order valence-corrected chi connectivity index (χ0v) is 14.6. The SMILES string of the molecule is COc1ccc(C/C(C)=N\NC(=O)COc2ccc(OC)cc2)cc1. The van der Waals surface area contributed by atoms with Crippen LogP contribution < -0.4 is 19.6 Å². The highest BCUT2D eigenvalue weighted by Crippen LogP contribution is 2.16. The summed E-state index contributed by atoms with van der Waals surface area (Å²) in [7, 11) is 3.22. The van der Waals surface area contributed by atoms with Gasteiger partial charge in [-0.1, -0.05) is 12.1 Å². The Morgan fingerprint density at radius 3 is 2.00 bits per heavy atom. The number of nitrogens with one attached hydrogen (secondary N) is 1. The van der Waals surface area contributed by atoms with Gasteiger partial charge < -0.3 is 14.2 Å². The summed E-state index contributed by atoms with van der Waals surface area (Å²) in [6.07, 6.45) is 0.642. The molecule has 0 bridgehead atoms. The quantitative estimate of drug-likeness (QED) is 0.592. The van der Waals surface area contributed by atoms with Crippen LogP contribution in [0.25, 0.3) is 0 Å². The topological polar surface area (TPSA) is 69.2 Å². The molecular weight excluding hydrogens is 320 g/mol. The number of benzene rings is 2. The van der Waals surface area contributed by atoms with Crippen molar-refractivity contribution in [2.75, 3.05) is 20.8 Å². The Bertz CT molecular complexity index is 709. The van der Waals surface area contributed by atoms with Crippen LogP contribution >= 0.6 is 0 Å². The molecule has 1 N–H and O–H groups in total. The van der Waals surface area contributed by atoms with Crippen molar-refractivity contribution in [2.24, 2.45) is 5.10 Å². The van der Waals surface area contributed by atoms with E-state index in [4.69, 9.17) is 14.2 Å². The second-order valence-corrected chi connectivity index (χ2v) is 5.37. The number of nitrogens with zero attached hydrogens (tertiary/aromatic N) is 1. The highest BCUT2D eigenvalue weighted by Gasteiger charge is 2.03. The van der Waals surface area contributed by atoms with Crippen molar-refractivity contribution >= 4 is 11.6 Å². The van der Waals surface area contributed by atoms with Crippen LogP contribution in [0.3, 0.4) is 0 Å². The molecular formula is C19H22N2O4. The fourth-order valence-corrected chi connectivity index (χ4v) is 2.09. The molecule has 0 spiro atoms. The lowest BCUT2D eigenvalue weighted by molar-refractivity contribution is -0.123. The molecule has 0 atom stereocenters. The number of rotatable bonds is 8. The van der Waals surface area contributed by atoms with Crippen LogP contribution in [-0.2, 0) is 11.2 Å². The second-order valence-electron chi connectivity index (χ2n) is 5.37. The Kier molecular flexibility index (Phi) is 6.83. The summed E-state index contributed by atoms with van der Waals surface area (Å²) >= 11 is 0. The summed E-state index contributed by atoms with van der Waals surface area (Å²) in [4.78, 5) is 11.8. The monoisotopic (exact) mass is 342 g/mol. The second kappa shape index (κ2) is 9.32. The summed E-state index contributed by atoms with van der Waals surface area (Å²) in [6.45, 7) is 1.75. The van der Waals surface area contributed by atoms with E-state index in [9.17, 15) is 4.79 Å². The molecule has 0 radical (unpaired) electrons. The third-order valence-electron chi connectivity index (χ3n) is 3.42. The number of hydrogen-bond acceptors (Lipinski definition) is 5. The first-order chi connectivity index (χ1) is 12.1. The van der Waals surface area contributed by atoms with Gasteiger partial charge in [0.1, 0.15) is 17.2 Å². The van der Waals surface area contributed by atoms with Gasteiger partial charge in [0.15, 0.2) is 6.61 Å². The van der Waals surface area contributed by atoms with Crippen molar-refractivity contribution in [1.29, 1.82) is 0 Å². The van der Waals surface area contributed by atoms with E-state index < -0.39 is 0 Å². The van der Waals surface area contributed by atoms with Crippen LogP contribution in [-0.4, -0.2) is 32.4 Å². The summed E-state index contributed by atoms with van der Waals surface area (Å²) in [6, 6.07) is 14.7. The van der Waals surface area contributed by atoms with Gasteiger partial charge in [0.25, 0.3) is 5.91 Å². The third-order valence-corrected chi connectivity index (χ3v) is 3.42. The normalized spacial score (nSPS) is 10.9. The van der Waals surface area contributed by atoms with Crippen molar-refractivity contribution in [3.05, 3.63) is 54.1 Å². The highest BCUT2D eigenvalue weighted by molar-refractivity contribution is 5.86. The van der Waals surface area contributed by atoms with Gasteiger partial charge in [-0.3, -0.25) is 4.79 Å². The van der Waals surface area contributed by atoms with Crippen molar-refractivity contribution in [3.8, 4) is 17.2 Å². The molecule has 0 aliphatic carbocycles. The summed E-state index contributed by atoms with van der Waals surface area (Å²) in [5, 5.41) is 4.09. The Morgan fingerprint density at radius 2 is 1.44 bits per heavy atom. The fraction of sp³-hybridized carbons (Fsp3) is 0.263. The largest absolute Gasteiger partial charge is 0.497 e. The predicted molar refractivity (Wildman–Crippen MR) is 96.4 cm³/mol. The molecule has 0 saturated carbocycles. The number of carbonyl (C=O) groups excluding carboxylic acids is 1. The van der Waals surface area contributed by atoms with E-state index in [1.54, 1.807) is 38.5 Å². The molecule has 6 heteroatoms. The van der Waals surface area contributed by atoms with Crippen molar-refractivity contribution in [3.63, 3.8) is 0 Å². The van der Waals surface area contributed by atoms with Crippen LogP contribution in [0.1, 0.15) is 12.5 Å². The molecule has 2 rings (SSSR count). The number of hydrogen-bond donors (Lipinski definition) is 1. The Labute approximate surface area is 147 Å². The van der Waals surface area contributed by atoms with Gasteiger partial charge in [-0.2, -0.15) is 5.10 Å². The van der Waals surface area contributed by atoms with Crippen LogP contribution in [0.15, 0.2) is 53.6 Å². The molecule has 25 heavy (non-hydrogen) atoms. The summed E-state index contributed by atoms with van der Waals surface area (Å²) in [5.41, 5.74) is 4.38. The highest BCUT2D eigenvalue weighted by atomic mass is 16.5. The first-order valence-corrected chi connectivity index (χ1v) is 7.82. The minimum absolute atomic E-state index is 0.106. The molecule has 0 fully saturated rings. The summed E-state index contributed by atoms with van der Waals surface area (Å²) < 4.78 is 15.6. The van der Waals surface area contributed by atoms with E-state index in [0.717, 1.165) is 22.8 Å². The van der Waals surface area contributed by atoms with E-state index in [1.807, 2.05) is 31.2 Å². The van der Waals surface area contributed by atoms with Crippen molar-refractivity contribution in [2.45, 2.75) is 13.3 Å². The molecule has 0 unspecified atom stereocenters. The Morgan fingerprint density at radius 1 is 0.920 bits per heavy atom. The molecule has 1 amide bonds. The van der Waals surface area contributed by atoms with Gasteiger partial charge in [0, 0.05) is 12.1 Å². The zero-order valence-electron chi connectivity index (χ0n) is 14.6. The molecule has 0 aliphatic rings. The average Bonchev–Trinajstić information content (AvgIpc) is 2.65. The molecule has 0 aliphatic heterocycles. The van der Waals surface area contributed by atoms with Gasteiger partial charge in [-0.05, 0) is 48.9 Å². The molecule has 0 saturated heterocycles. The lowest BCUT2D eigenvalue weighted by Gasteiger charge is -2.07. The van der Waals surface area contributed by atoms with Crippen molar-refractivity contribution < 1.29 is 19.0 Å². The van der Waals surface area contributed by atoms with Gasteiger partial charge in [-0.25, -0.2) is 5.43 Å². The minimum Gasteiger partial charge on any atom is -0.497 e. The number of carbonyl (C=O) groups is 1.